The Balaban J connectivity index is 1.02. The van der Waals surface area contributed by atoms with Crippen LogP contribution in [-0.2, 0) is 4.74 Å². The molecule has 266 valence electrons. The predicted octanol–water partition coefficient (Wildman–Crippen LogP) is 6.49. The number of rotatable bonds is 7. The van der Waals surface area contributed by atoms with Crippen molar-refractivity contribution in [3.63, 3.8) is 0 Å². The van der Waals surface area contributed by atoms with Crippen LogP contribution in [0.4, 0.5) is 24.0 Å². The van der Waals surface area contributed by atoms with E-state index in [-0.39, 0.29) is 43.3 Å². The third kappa shape index (κ3) is 5.31. The number of hydrogen-bond donors (Lipinski definition) is 2. The van der Waals surface area contributed by atoms with Crippen molar-refractivity contribution in [1.29, 1.82) is 5.26 Å². The highest BCUT2D eigenvalue weighted by Gasteiger charge is 2.54. The number of anilines is 2. The van der Waals surface area contributed by atoms with E-state index in [1.54, 1.807) is 6.20 Å². The molecule has 3 aromatic heterocycles. The fraction of sp³-hybridized carbons (Fsp3) is 0.579. The minimum absolute atomic E-state index is 0.0167. The quantitative estimate of drug-likeness (QED) is 0.222. The molecule has 0 radical (unpaired) electrons. The van der Waals surface area contributed by atoms with E-state index >= 15 is 4.39 Å². The highest BCUT2D eigenvalue weighted by atomic mass is 32.1. The fourth-order valence-corrected chi connectivity index (χ4v) is 11.0. The van der Waals surface area contributed by atoms with Gasteiger partial charge in [0.05, 0.1) is 28.9 Å². The number of benzene rings is 1. The Bertz CT molecular complexity index is 2110. The Labute approximate surface area is 298 Å². The molecule has 6 fully saturated rings. The Kier molecular flexibility index (Phi) is 7.38. The fourth-order valence-electron chi connectivity index (χ4n) is 10.0. The lowest BCUT2D eigenvalue weighted by molar-refractivity contribution is -0.0933. The van der Waals surface area contributed by atoms with Gasteiger partial charge in [0.2, 0.25) is 0 Å². The summed E-state index contributed by atoms with van der Waals surface area (Å²) in [5.74, 6) is -0.384. The summed E-state index contributed by atoms with van der Waals surface area (Å²) < 4.78 is 52.7. The minimum Gasteiger partial charge on any atom is -0.389 e. The maximum absolute atomic E-state index is 17.0. The van der Waals surface area contributed by atoms with Crippen LogP contribution in [0, 0.1) is 46.0 Å². The molecule has 4 saturated heterocycles. The molecule has 2 aliphatic carbocycles. The van der Waals surface area contributed by atoms with E-state index in [0.29, 0.717) is 52.5 Å². The van der Waals surface area contributed by atoms with Gasteiger partial charge in [-0.05, 0) is 74.7 Å². The summed E-state index contributed by atoms with van der Waals surface area (Å²) in [5, 5.41) is 14.1. The Hall–Kier alpha value is -3.57. The van der Waals surface area contributed by atoms with E-state index < -0.39 is 17.5 Å². The van der Waals surface area contributed by atoms with Crippen molar-refractivity contribution in [2.75, 3.05) is 43.5 Å². The summed E-state index contributed by atoms with van der Waals surface area (Å²) in [6, 6.07) is 4.60. The van der Waals surface area contributed by atoms with Gasteiger partial charge < -0.3 is 20.7 Å². The van der Waals surface area contributed by atoms with E-state index in [0.717, 1.165) is 81.9 Å². The second-order valence-electron chi connectivity index (χ2n) is 16.4. The first-order valence-corrected chi connectivity index (χ1v) is 19.3. The van der Waals surface area contributed by atoms with Gasteiger partial charge in [0.1, 0.15) is 33.9 Å². The summed E-state index contributed by atoms with van der Waals surface area (Å²) in [6.07, 6.45) is 10.7. The zero-order chi connectivity index (χ0) is 34.8. The number of fused-ring (bicyclic) bond motifs is 6. The monoisotopic (exact) mass is 714 g/mol. The first kappa shape index (κ1) is 32.1. The van der Waals surface area contributed by atoms with Crippen molar-refractivity contribution in [3.05, 3.63) is 41.1 Å². The maximum Gasteiger partial charge on any atom is 0.176 e. The molecule has 6 atom stereocenters. The number of morpholine rings is 1. The van der Waals surface area contributed by atoms with Crippen LogP contribution in [0.15, 0.2) is 12.3 Å². The number of piperazine rings is 1. The van der Waals surface area contributed by atoms with Gasteiger partial charge in [-0.3, -0.25) is 9.88 Å². The molecule has 6 unspecified atom stereocenters. The van der Waals surface area contributed by atoms with Gasteiger partial charge in [0.25, 0.3) is 0 Å². The Morgan fingerprint density at radius 2 is 1.82 bits per heavy atom. The van der Waals surface area contributed by atoms with Crippen LogP contribution in [0.5, 0.6) is 0 Å². The summed E-state index contributed by atoms with van der Waals surface area (Å²) in [6.45, 7) is 6.68. The summed E-state index contributed by atoms with van der Waals surface area (Å²) in [5.41, 5.74) is 6.25. The van der Waals surface area contributed by atoms with Crippen LogP contribution in [-0.4, -0.2) is 76.9 Å². The second kappa shape index (κ2) is 11.7. The van der Waals surface area contributed by atoms with Crippen LogP contribution < -0.4 is 16.0 Å². The van der Waals surface area contributed by atoms with Crippen molar-refractivity contribution >= 4 is 43.1 Å². The van der Waals surface area contributed by atoms with Gasteiger partial charge >= 0.3 is 0 Å². The van der Waals surface area contributed by atoms with Crippen LogP contribution in [0.3, 0.4) is 0 Å². The largest absolute Gasteiger partial charge is 0.389 e. The molecule has 2 saturated carbocycles. The van der Waals surface area contributed by atoms with Gasteiger partial charge in [0, 0.05) is 66.9 Å². The molecule has 4 aliphatic heterocycles. The summed E-state index contributed by atoms with van der Waals surface area (Å²) >= 11 is 0.772. The average Bonchev–Trinajstić information content (AvgIpc) is 4.00. The number of nitrogens with two attached hydrogens (primary N) is 1. The first-order valence-electron chi connectivity index (χ1n) is 18.5. The van der Waals surface area contributed by atoms with Crippen molar-refractivity contribution in [2.45, 2.75) is 88.4 Å². The molecule has 13 heteroatoms. The Morgan fingerprint density at radius 3 is 2.53 bits per heavy atom. The summed E-state index contributed by atoms with van der Waals surface area (Å²) in [4.78, 5) is 19.6. The Morgan fingerprint density at radius 1 is 1.08 bits per heavy atom. The molecule has 10 rings (SSSR count). The molecule has 6 aliphatic rings. The molecule has 7 heterocycles. The first-order chi connectivity index (χ1) is 24.7. The number of thiophene rings is 1. The van der Waals surface area contributed by atoms with Gasteiger partial charge in [-0.1, -0.05) is 6.92 Å². The highest BCUT2D eigenvalue weighted by Crippen LogP contribution is 2.61. The van der Waals surface area contributed by atoms with Crippen LogP contribution in [0.25, 0.3) is 32.2 Å². The average molecular weight is 715 g/mol. The number of ether oxygens (including phenoxy) is 1. The standard InChI is InChI=1S/C38H41F3N8OS/c1-18-6-22-15-50-16-23(7-18)49(22)17-38(4-5-38)10-19-8-24(19)36-46-33-27(37(47-36)48-13-20-2-3-21(14-48)45-20)12-44-32(31(33)41)25-9-28(39)30(40)34-29(25)26(11-42)35(43)51-34/h9,12,18-24,45H,2-8,10,13-17,43H2,1H3. The van der Waals surface area contributed by atoms with Crippen molar-refractivity contribution in [1.82, 2.24) is 25.2 Å². The number of piperidine rings is 1. The smallest absolute Gasteiger partial charge is 0.176 e. The van der Waals surface area contributed by atoms with Gasteiger partial charge in [-0.2, -0.15) is 5.26 Å². The molecular formula is C38H41F3N8OS. The number of nitrogens with zero attached hydrogens (tertiary/aromatic N) is 6. The van der Waals surface area contributed by atoms with Crippen LogP contribution in [0.2, 0.25) is 0 Å². The molecule has 9 nitrogen and oxygen atoms in total. The highest BCUT2D eigenvalue weighted by molar-refractivity contribution is 7.23. The SMILES string of the molecule is CC1CC2COCC(C1)N2CC1(CC2CC2c2nc(N3CC4CCC(C3)N4)c3cnc(-c4cc(F)c(F)c5sc(N)c(C#N)c45)c(F)c3n2)CC1. The number of halogens is 3. The second-order valence-corrected chi connectivity index (χ2v) is 17.5. The molecule has 1 aromatic carbocycles. The van der Waals surface area contributed by atoms with E-state index in [4.69, 9.17) is 20.4 Å². The van der Waals surface area contributed by atoms with Crippen LogP contribution in [0.1, 0.15) is 75.6 Å². The third-order valence-corrected chi connectivity index (χ3v) is 13.8. The van der Waals surface area contributed by atoms with Crippen molar-refractivity contribution < 1.29 is 17.9 Å². The molecule has 3 N–H and O–H groups in total. The lowest BCUT2D eigenvalue weighted by Crippen LogP contribution is -2.58. The molecular weight excluding hydrogens is 674 g/mol. The van der Waals surface area contributed by atoms with E-state index in [1.807, 2.05) is 6.07 Å². The lowest BCUT2D eigenvalue weighted by Gasteiger charge is -2.49. The van der Waals surface area contributed by atoms with E-state index in [9.17, 15) is 14.0 Å². The van der Waals surface area contributed by atoms with Crippen molar-refractivity contribution in [2.24, 2.45) is 17.3 Å². The van der Waals surface area contributed by atoms with Crippen molar-refractivity contribution in [3.8, 4) is 17.3 Å². The molecule has 0 amide bonds. The minimum atomic E-state index is -1.16. The topological polar surface area (TPSA) is 116 Å². The lowest BCUT2D eigenvalue weighted by atomic mass is 9.84. The van der Waals surface area contributed by atoms with Gasteiger partial charge in [0.15, 0.2) is 17.5 Å². The maximum atomic E-state index is 17.0. The number of nitrogens with one attached hydrogen (secondary N) is 1. The number of hydrogen-bond acceptors (Lipinski definition) is 10. The number of aromatic nitrogens is 3. The van der Waals surface area contributed by atoms with Crippen LogP contribution >= 0.6 is 11.3 Å². The number of nitrogen functional groups attached to an aromatic ring is 1. The predicted molar refractivity (Wildman–Crippen MR) is 190 cm³/mol. The molecule has 4 aromatic rings. The number of pyridine rings is 1. The zero-order valence-electron chi connectivity index (χ0n) is 28.6. The molecule has 0 spiro atoms. The normalized spacial score (nSPS) is 31.0. The van der Waals surface area contributed by atoms with Gasteiger partial charge in [-0.15, -0.1) is 11.3 Å². The number of nitriles is 1. The zero-order valence-corrected chi connectivity index (χ0v) is 29.4. The van der Waals surface area contributed by atoms with Gasteiger partial charge in [-0.25, -0.2) is 23.1 Å². The molecule has 51 heavy (non-hydrogen) atoms. The molecule has 4 bridgehead atoms. The third-order valence-electron chi connectivity index (χ3n) is 12.8. The van der Waals surface area contributed by atoms with E-state index in [1.165, 1.54) is 25.7 Å². The van der Waals surface area contributed by atoms with E-state index in [2.05, 4.69) is 27.0 Å². The summed E-state index contributed by atoms with van der Waals surface area (Å²) in [7, 11) is 0.